The molecule has 1 aliphatic rings. The second kappa shape index (κ2) is 10.6. The lowest BCUT2D eigenvalue weighted by Gasteiger charge is -2.30. The Hall–Kier alpha value is -4.20. The topological polar surface area (TPSA) is 133 Å². The molecule has 3 rings (SSSR count). The van der Waals surface area contributed by atoms with Gasteiger partial charge in [-0.3, -0.25) is 9.59 Å². The first-order valence-electron chi connectivity index (χ1n) is 10.8. The molecule has 2 amide bonds. The number of carboxylic acids is 2. The molecular weight excluding hydrogens is 436 g/mol. The van der Waals surface area contributed by atoms with Crippen LogP contribution in [-0.4, -0.2) is 46.0 Å². The predicted octanol–water partition coefficient (Wildman–Crippen LogP) is 3.84. The van der Waals surface area contributed by atoms with Crippen LogP contribution in [0.1, 0.15) is 78.2 Å². The van der Waals surface area contributed by atoms with Crippen molar-refractivity contribution >= 4 is 35.9 Å². The zero-order chi connectivity index (χ0) is 24.8. The summed E-state index contributed by atoms with van der Waals surface area (Å²) in [7, 11) is 0. The summed E-state index contributed by atoms with van der Waals surface area (Å²) in [6.45, 7) is 7.26. The average molecular weight is 463 g/mol. The Morgan fingerprint density at radius 1 is 0.676 bits per heavy atom. The second-order valence-corrected chi connectivity index (χ2v) is 8.12. The SMILES string of the molecule is C=Cc1ccc(C(=O)NC2CCC(NC(=O)c3cc(C=C)ccc3C(=O)O)CC2)c(C(=O)O)c1. The molecule has 2 aromatic rings. The molecule has 1 aliphatic carbocycles. The van der Waals surface area contributed by atoms with Crippen LogP contribution in [0.4, 0.5) is 0 Å². The lowest BCUT2D eigenvalue weighted by Crippen LogP contribution is -2.44. The standard InChI is InChI=1S/C26H26N2O6/c1-3-15-6-12-20(25(31)32)21(13-15)24(30)28-18-9-7-17(8-10-18)27-23(29)19-11-5-16(4-2)14-22(19)26(33)34/h3-6,11-14,17-18H,1-2,7-10H2,(H,27,29)(H,28,30)(H,31,32)(H,33,34). The molecule has 8 heteroatoms. The minimum atomic E-state index is -1.19. The van der Waals surface area contributed by atoms with E-state index in [0.29, 0.717) is 36.8 Å². The molecule has 0 spiro atoms. The molecule has 0 bridgehead atoms. The molecule has 0 aromatic heterocycles. The highest BCUT2D eigenvalue weighted by molar-refractivity contribution is 6.06. The lowest BCUT2D eigenvalue weighted by molar-refractivity contribution is 0.0681. The van der Waals surface area contributed by atoms with Crippen LogP contribution in [-0.2, 0) is 0 Å². The van der Waals surface area contributed by atoms with Gasteiger partial charge in [-0.25, -0.2) is 9.59 Å². The number of aromatic carboxylic acids is 2. The Labute approximate surface area is 197 Å². The van der Waals surface area contributed by atoms with Gasteiger partial charge in [-0.1, -0.05) is 37.4 Å². The highest BCUT2D eigenvalue weighted by Gasteiger charge is 2.27. The minimum absolute atomic E-state index is 0.0736. The summed E-state index contributed by atoms with van der Waals surface area (Å²) in [6.07, 6.45) is 5.39. The summed E-state index contributed by atoms with van der Waals surface area (Å²) >= 11 is 0. The summed E-state index contributed by atoms with van der Waals surface area (Å²) in [4.78, 5) is 48.5. The van der Waals surface area contributed by atoms with Gasteiger partial charge in [-0.05, 0) is 61.1 Å². The monoisotopic (exact) mass is 462 g/mol. The van der Waals surface area contributed by atoms with Crippen molar-refractivity contribution in [2.45, 2.75) is 37.8 Å². The molecule has 8 nitrogen and oxygen atoms in total. The van der Waals surface area contributed by atoms with E-state index in [1.54, 1.807) is 12.1 Å². The van der Waals surface area contributed by atoms with Crippen LogP contribution in [0.2, 0.25) is 0 Å². The van der Waals surface area contributed by atoms with Crippen molar-refractivity contribution in [3.05, 3.63) is 82.9 Å². The molecule has 1 fully saturated rings. The van der Waals surface area contributed by atoms with Crippen molar-refractivity contribution in [2.75, 3.05) is 0 Å². The van der Waals surface area contributed by atoms with Gasteiger partial charge < -0.3 is 20.8 Å². The highest BCUT2D eigenvalue weighted by Crippen LogP contribution is 2.22. The van der Waals surface area contributed by atoms with Crippen LogP contribution in [0.25, 0.3) is 12.2 Å². The Morgan fingerprint density at radius 3 is 1.53 bits per heavy atom. The maximum absolute atomic E-state index is 12.8. The van der Waals surface area contributed by atoms with Crippen LogP contribution in [0.3, 0.4) is 0 Å². The van der Waals surface area contributed by atoms with E-state index in [-0.39, 0.29) is 34.3 Å². The van der Waals surface area contributed by atoms with Crippen LogP contribution >= 0.6 is 0 Å². The fraction of sp³-hybridized carbons (Fsp3) is 0.231. The molecule has 0 saturated heterocycles. The van der Waals surface area contributed by atoms with Gasteiger partial charge in [0.05, 0.1) is 22.3 Å². The summed E-state index contributed by atoms with van der Waals surface area (Å²) < 4.78 is 0. The van der Waals surface area contributed by atoms with Gasteiger partial charge >= 0.3 is 11.9 Å². The van der Waals surface area contributed by atoms with Gasteiger partial charge in [0.15, 0.2) is 0 Å². The van der Waals surface area contributed by atoms with E-state index >= 15 is 0 Å². The van der Waals surface area contributed by atoms with Gasteiger partial charge in [0, 0.05) is 12.1 Å². The molecule has 0 atom stereocenters. The van der Waals surface area contributed by atoms with Crippen LogP contribution in [0.5, 0.6) is 0 Å². The molecule has 0 unspecified atom stereocenters. The number of hydrogen-bond donors (Lipinski definition) is 4. The van der Waals surface area contributed by atoms with Gasteiger partial charge in [0.1, 0.15) is 0 Å². The minimum Gasteiger partial charge on any atom is -0.478 e. The van der Waals surface area contributed by atoms with Gasteiger partial charge in [-0.15, -0.1) is 0 Å². The Morgan fingerprint density at radius 2 is 1.09 bits per heavy atom. The number of carbonyl (C=O) groups excluding carboxylic acids is 2. The van der Waals surface area contributed by atoms with Crippen molar-refractivity contribution in [1.29, 1.82) is 0 Å². The molecule has 4 N–H and O–H groups in total. The molecule has 2 aromatic carbocycles. The van der Waals surface area contributed by atoms with E-state index in [9.17, 15) is 29.4 Å². The van der Waals surface area contributed by atoms with E-state index in [1.165, 1.54) is 36.4 Å². The number of benzene rings is 2. The average Bonchev–Trinajstić information content (AvgIpc) is 2.84. The second-order valence-electron chi connectivity index (χ2n) is 8.12. The predicted molar refractivity (Wildman–Crippen MR) is 128 cm³/mol. The Bertz CT molecular complexity index is 1160. The van der Waals surface area contributed by atoms with E-state index < -0.39 is 23.8 Å². The first kappa shape index (κ1) is 24.4. The summed E-state index contributed by atoms with van der Waals surface area (Å²) in [6, 6.07) is 8.64. The third-order valence-electron chi connectivity index (χ3n) is 5.91. The first-order chi connectivity index (χ1) is 16.2. The Kier molecular flexibility index (Phi) is 7.63. The van der Waals surface area contributed by atoms with Crippen LogP contribution in [0, 0.1) is 0 Å². The fourth-order valence-corrected chi connectivity index (χ4v) is 4.04. The third kappa shape index (κ3) is 5.58. The smallest absolute Gasteiger partial charge is 0.336 e. The maximum atomic E-state index is 12.8. The third-order valence-corrected chi connectivity index (χ3v) is 5.91. The Balaban J connectivity index is 1.61. The molecule has 0 heterocycles. The number of carboxylic acid groups (broad SMARTS) is 2. The number of hydrogen-bond acceptors (Lipinski definition) is 4. The molecule has 34 heavy (non-hydrogen) atoms. The molecular formula is C26H26N2O6. The zero-order valence-corrected chi connectivity index (χ0v) is 18.5. The van der Waals surface area contributed by atoms with Gasteiger partial charge in [0.25, 0.3) is 11.8 Å². The molecule has 0 radical (unpaired) electrons. The van der Waals surface area contributed by atoms with Gasteiger partial charge in [-0.2, -0.15) is 0 Å². The largest absolute Gasteiger partial charge is 0.478 e. The quantitative estimate of drug-likeness (QED) is 0.471. The van der Waals surface area contributed by atoms with E-state index in [4.69, 9.17) is 0 Å². The number of nitrogens with one attached hydrogen (secondary N) is 2. The van der Waals surface area contributed by atoms with Crippen molar-refractivity contribution in [2.24, 2.45) is 0 Å². The van der Waals surface area contributed by atoms with Crippen molar-refractivity contribution in [3.63, 3.8) is 0 Å². The number of amides is 2. The van der Waals surface area contributed by atoms with Crippen molar-refractivity contribution in [3.8, 4) is 0 Å². The number of carbonyl (C=O) groups is 4. The van der Waals surface area contributed by atoms with Gasteiger partial charge in [0.2, 0.25) is 0 Å². The zero-order valence-electron chi connectivity index (χ0n) is 18.5. The highest BCUT2D eigenvalue weighted by atomic mass is 16.4. The van der Waals surface area contributed by atoms with Crippen molar-refractivity contribution in [1.82, 2.24) is 10.6 Å². The van der Waals surface area contributed by atoms with Crippen molar-refractivity contribution < 1.29 is 29.4 Å². The lowest BCUT2D eigenvalue weighted by atomic mass is 9.90. The molecule has 1 saturated carbocycles. The summed E-state index contributed by atoms with van der Waals surface area (Å²) in [5.41, 5.74) is 1.23. The van der Waals surface area contributed by atoms with Crippen LogP contribution in [0.15, 0.2) is 49.6 Å². The first-order valence-corrected chi connectivity index (χ1v) is 10.8. The summed E-state index contributed by atoms with van der Waals surface area (Å²) in [5.74, 6) is -3.31. The molecule has 176 valence electrons. The van der Waals surface area contributed by atoms with E-state index in [1.807, 2.05) is 0 Å². The number of rotatable bonds is 8. The van der Waals surface area contributed by atoms with E-state index in [0.717, 1.165) is 0 Å². The van der Waals surface area contributed by atoms with Crippen LogP contribution < -0.4 is 10.6 Å². The maximum Gasteiger partial charge on any atom is 0.336 e. The van der Waals surface area contributed by atoms with E-state index in [2.05, 4.69) is 23.8 Å². The molecule has 0 aliphatic heterocycles. The normalized spacial score (nSPS) is 17.3. The fourth-order valence-electron chi connectivity index (χ4n) is 4.04. The summed E-state index contributed by atoms with van der Waals surface area (Å²) in [5, 5.41) is 24.6.